The maximum Gasteiger partial charge on any atom is 0.199 e. The SMILES string of the molecule is CC(C)(C1=NC(Cc2ccccc2)CO1)C1=NC(c2ccccc2)CO1. The molecule has 134 valence electrons. The van der Waals surface area contributed by atoms with Crippen LogP contribution in [-0.4, -0.2) is 31.1 Å². The van der Waals surface area contributed by atoms with Crippen molar-refractivity contribution in [3.63, 3.8) is 0 Å². The fraction of sp³-hybridized carbons (Fsp3) is 0.364. The first-order valence-electron chi connectivity index (χ1n) is 9.14. The smallest absolute Gasteiger partial charge is 0.199 e. The molecule has 26 heavy (non-hydrogen) atoms. The third-order valence-corrected chi connectivity index (χ3v) is 4.93. The second-order valence-corrected chi connectivity index (χ2v) is 7.39. The van der Waals surface area contributed by atoms with Crippen molar-refractivity contribution in [1.29, 1.82) is 0 Å². The zero-order chi connectivity index (χ0) is 18.0. The van der Waals surface area contributed by atoms with Gasteiger partial charge in [-0.3, -0.25) is 0 Å². The van der Waals surface area contributed by atoms with Crippen LogP contribution in [0.25, 0.3) is 0 Å². The summed E-state index contributed by atoms with van der Waals surface area (Å²) in [5, 5.41) is 0. The lowest BCUT2D eigenvalue weighted by Gasteiger charge is -2.22. The molecule has 2 heterocycles. The van der Waals surface area contributed by atoms with Crippen molar-refractivity contribution < 1.29 is 9.47 Å². The van der Waals surface area contributed by atoms with E-state index in [0.29, 0.717) is 19.1 Å². The van der Waals surface area contributed by atoms with Crippen LogP contribution in [0.5, 0.6) is 0 Å². The van der Waals surface area contributed by atoms with Crippen molar-refractivity contribution in [2.45, 2.75) is 32.4 Å². The van der Waals surface area contributed by atoms with Crippen molar-refractivity contribution >= 4 is 11.8 Å². The van der Waals surface area contributed by atoms with Gasteiger partial charge in [-0.05, 0) is 31.4 Å². The Morgan fingerprint density at radius 3 is 2.19 bits per heavy atom. The van der Waals surface area contributed by atoms with Crippen LogP contribution in [0.1, 0.15) is 31.0 Å². The Labute approximate surface area is 154 Å². The van der Waals surface area contributed by atoms with E-state index in [1.165, 1.54) is 11.1 Å². The van der Waals surface area contributed by atoms with Gasteiger partial charge in [-0.25, -0.2) is 9.98 Å². The Hall–Kier alpha value is -2.62. The molecule has 0 N–H and O–H groups in total. The van der Waals surface area contributed by atoms with Gasteiger partial charge in [0.2, 0.25) is 0 Å². The quantitative estimate of drug-likeness (QED) is 0.812. The normalized spacial score (nSPS) is 22.4. The average molecular weight is 348 g/mol. The first-order valence-corrected chi connectivity index (χ1v) is 9.14. The van der Waals surface area contributed by atoms with E-state index < -0.39 is 5.41 Å². The van der Waals surface area contributed by atoms with Gasteiger partial charge < -0.3 is 9.47 Å². The van der Waals surface area contributed by atoms with Crippen LogP contribution in [0, 0.1) is 5.41 Å². The number of rotatable bonds is 5. The molecule has 2 unspecified atom stereocenters. The van der Waals surface area contributed by atoms with Crippen LogP contribution in [-0.2, 0) is 15.9 Å². The van der Waals surface area contributed by atoms with E-state index >= 15 is 0 Å². The molecule has 0 saturated heterocycles. The Morgan fingerprint density at radius 2 is 1.46 bits per heavy atom. The maximum absolute atomic E-state index is 5.95. The lowest BCUT2D eigenvalue weighted by atomic mass is 9.93. The van der Waals surface area contributed by atoms with Gasteiger partial charge in [-0.15, -0.1) is 0 Å². The highest BCUT2D eigenvalue weighted by atomic mass is 16.5. The van der Waals surface area contributed by atoms with Gasteiger partial charge in [0.25, 0.3) is 0 Å². The highest BCUT2D eigenvalue weighted by molar-refractivity contribution is 6.05. The largest absolute Gasteiger partial charge is 0.478 e. The molecule has 0 aliphatic carbocycles. The van der Waals surface area contributed by atoms with Crippen LogP contribution in [0.15, 0.2) is 70.6 Å². The lowest BCUT2D eigenvalue weighted by molar-refractivity contribution is 0.264. The second-order valence-electron chi connectivity index (χ2n) is 7.39. The van der Waals surface area contributed by atoms with Gasteiger partial charge in [0, 0.05) is 0 Å². The molecule has 0 bridgehead atoms. The number of ether oxygens (including phenoxy) is 2. The van der Waals surface area contributed by atoms with Crippen LogP contribution >= 0.6 is 0 Å². The molecule has 2 aliphatic heterocycles. The first-order chi connectivity index (χ1) is 12.6. The fourth-order valence-corrected chi connectivity index (χ4v) is 3.40. The van der Waals surface area contributed by atoms with Crippen molar-refractivity contribution in [3.05, 3.63) is 71.8 Å². The third-order valence-electron chi connectivity index (χ3n) is 4.93. The molecule has 2 atom stereocenters. The molecule has 0 aromatic heterocycles. The lowest BCUT2D eigenvalue weighted by Crippen LogP contribution is -2.34. The molecule has 2 aliphatic rings. The number of aliphatic imine (C=N–C) groups is 2. The molecular formula is C22H24N2O2. The molecule has 4 rings (SSSR count). The summed E-state index contributed by atoms with van der Waals surface area (Å²) in [7, 11) is 0. The molecule has 2 aromatic carbocycles. The summed E-state index contributed by atoms with van der Waals surface area (Å²) < 4.78 is 11.9. The van der Waals surface area contributed by atoms with E-state index in [4.69, 9.17) is 19.5 Å². The maximum atomic E-state index is 5.95. The van der Waals surface area contributed by atoms with Crippen molar-refractivity contribution in [1.82, 2.24) is 0 Å². The Balaban J connectivity index is 1.49. The predicted octanol–water partition coefficient (Wildman–Crippen LogP) is 4.22. The van der Waals surface area contributed by atoms with Gasteiger partial charge in [0.1, 0.15) is 24.7 Å². The van der Waals surface area contributed by atoms with Crippen LogP contribution in [0.4, 0.5) is 0 Å². The molecule has 0 radical (unpaired) electrons. The highest BCUT2D eigenvalue weighted by Crippen LogP contribution is 2.33. The van der Waals surface area contributed by atoms with Gasteiger partial charge in [0.05, 0.1) is 6.04 Å². The van der Waals surface area contributed by atoms with Gasteiger partial charge in [-0.2, -0.15) is 0 Å². The Bertz CT molecular complexity index is 813. The minimum absolute atomic E-state index is 0.0487. The van der Waals surface area contributed by atoms with E-state index in [0.717, 1.165) is 12.3 Å². The summed E-state index contributed by atoms with van der Waals surface area (Å²) >= 11 is 0. The number of hydrogen-bond donors (Lipinski definition) is 0. The van der Waals surface area contributed by atoms with E-state index in [2.05, 4.69) is 50.2 Å². The summed E-state index contributed by atoms with van der Waals surface area (Å²) in [6.45, 7) is 5.33. The summed E-state index contributed by atoms with van der Waals surface area (Å²) in [5.74, 6) is 1.44. The van der Waals surface area contributed by atoms with E-state index in [9.17, 15) is 0 Å². The topological polar surface area (TPSA) is 43.2 Å². The van der Waals surface area contributed by atoms with Gasteiger partial charge >= 0.3 is 0 Å². The Kier molecular flexibility index (Phi) is 4.49. The van der Waals surface area contributed by atoms with Crippen LogP contribution in [0.2, 0.25) is 0 Å². The summed E-state index contributed by atoms with van der Waals surface area (Å²) in [6, 6.07) is 20.9. The fourth-order valence-electron chi connectivity index (χ4n) is 3.40. The number of benzene rings is 2. The zero-order valence-corrected chi connectivity index (χ0v) is 15.3. The molecular weight excluding hydrogens is 324 g/mol. The average Bonchev–Trinajstić information content (AvgIpc) is 3.34. The number of hydrogen-bond acceptors (Lipinski definition) is 4. The molecule has 0 fully saturated rings. The molecule has 2 aromatic rings. The van der Waals surface area contributed by atoms with E-state index in [-0.39, 0.29) is 12.1 Å². The van der Waals surface area contributed by atoms with Gasteiger partial charge in [-0.1, -0.05) is 60.7 Å². The summed E-state index contributed by atoms with van der Waals surface area (Å²) in [4.78, 5) is 9.65. The number of nitrogens with zero attached hydrogens (tertiary/aromatic N) is 2. The van der Waals surface area contributed by atoms with E-state index in [1.54, 1.807) is 0 Å². The highest BCUT2D eigenvalue weighted by Gasteiger charge is 2.41. The molecule has 0 spiro atoms. The zero-order valence-electron chi connectivity index (χ0n) is 15.3. The van der Waals surface area contributed by atoms with Gasteiger partial charge in [0.15, 0.2) is 11.8 Å². The molecule has 0 saturated carbocycles. The monoisotopic (exact) mass is 348 g/mol. The van der Waals surface area contributed by atoms with Crippen LogP contribution < -0.4 is 0 Å². The van der Waals surface area contributed by atoms with Crippen LogP contribution in [0.3, 0.4) is 0 Å². The molecule has 0 amide bonds. The molecule has 4 nitrogen and oxygen atoms in total. The minimum Gasteiger partial charge on any atom is -0.478 e. The van der Waals surface area contributed by atoms with Crippen molar-refractivity contribution in [2.24, 2.45) is 15.4 Å². The third kappa shape index (κ3) is 3.36. The van der Waals surface area contributed by atoms with E-state index in [1.807, 2.05) is 24.3 Å². The molecule has 4 heteroatoms. The standard InChI is InChI=1S/C22H24N2O2/c1-22(2,21-24-19(15-26-21)17-11-7-4-8-12-17)20-23-18(14-25-20)13-16-9-5-3-6-10-16/h3-12,18-19H,13-15H2,1-2H3. The predicted molar refractivity (Wildman–Crippen MR) is 104 cm³/mol. The second kappa shape index (κ2) is 6.94. The summed E-state index contributed by atoms with van der Waals surface area (Å²) in [6.07, 6.45) is 0.889. The first kappa shape index (κ1) is 16.8. The van der Waals surface area contributed by atoms with Crippen molar-refractivity contribution in [3.8, 4) is 0 Å². The summed E-state index contributed by atoms with van der Waals surface area (Å²) in [5.41, 5.74) is 2.01. The Morgan fingerprint density at radius 1 is 0.846 bits per heavy atom. The van der Waals surface area contributed by atoms with Crippen molar-refractivity contribution in [2.75, 3.05) is 13.2 Å². The minimum atomic E-state index is -0.449.